The van der Waals surface area contributed by atoms with Crippen molar-refractivity contribution >= 4 is 9.84 Å². The van der Waals surface area contributed by atoms with Gasteiger partial charge < -0.3 is 14.9 Å². The van der Waals surface area contributed by atoms with Crippen LogP contribution in [0.15, 0.2) is 70.5 Å². The molecule has 0 aliphatic rings. The highest BCUT2D eigenvalue weighted by Crippen LogP contribution is 2.24. The predicted molar refractivity (Wildman–Crippen MR) is 81.7 cm³/mol. The summed E-state index contributed by atoms with van der Waals surface area (Å²) in [6, 6.07) is 11.4. The summed E-state index contributed by atoms with van der Waals surface area (Å²) in [5.41, 5.74) is 0. The number of phenolic OH excluding ortho intramolecular Hbond substituents is 1. The van der Waals surface area contributed by atoms with Gasteiger partial charge in [0.25, 0.3) is 0 Å². The highest BCUT2D eigenvalue weighted by molar-refractivity contribution is 7.91. The highest BCUT2D eigenvalue weighted by atomic mass is 32.2. The van der Waals surface area contributed by atoms with Crippen molar-refractivity contribution in [2.24, 2.45) is 0 Å². The highest BCUT2D eigenvalue weighted by Gasteiger charge is 2.17. The van der Waals surface area contributed by atoms with Crippen molar-refractivity contribution < 1.29 is 23.4 Å². The molecular weight excluding hydrogens is 304 g/mol. The minimum Gasteiger partial charge on any atom is -0.508 e. The Hall–Kier alpha value is -2.31. The molecule has 0 aliphatic heterocycles. The van der Waals surface area contributed by atoms with Crippen LogP contribution in [0.2, 0.25) is 0 Å². The lowest BCUT2D eigenvalue weighted by atomic mass is 10.3. The van der Waals surface area contributed by atoms with Crippen LogP contribution in [0.3, 0.4) is 0 Å². The van der Waals surface area contributed by atoms with E-state index in [-0.39, 0.29) is 22.1 Å². The van der Waals surface area contributed by atoms with Crippen molar-refractivity contribution in [2.45, 2.75) is 9.79 Å². The van der Waals surface area contributed by atoms with Gasteiger partial charge in [0.2, 0.25) is 9.84 Å². The Morgan fingerprint density at radius 3 is 2.00 bits per heavy atom. The molecule has 0 saturated carbocycles. The van der Waals surface area contributed by atoms with Crippen LogP contribution in [0, 0.1) is 0 Å². The zero-order chi connectivity index (χ0) is 16.0. The number of aliphatic hydroxyl groups is 1. The number of benzene rings is 2. The first-order chi connectivity index (χ1) is 10.5. The number of rotatable bonds is 6. The van der Waals surface area contributed by atoms with Crippen molar-refractivity contribution in [2.75, 3.05) is 13.2 Å². The molecule has 2 aromatic rings. The lowest BCUT2D eigenvalue weighted by Crippen LogP contribution is -2.02. The Morgan fingerprint density at radius 2 is 1.45 bits per heavy atom. The normalized spacial score (nSPS) is 11.7. The summed E-state index contributed by atoms with van der Waals surface area (Å²) in [6.45, 7) is 0.248. The van der Waals surface area contributed by atoms with E-state index in [1.165, 1.54) is 36.4 Å². The molecule has 2 aromatic carbocycles. The van der Waals surface area contributed by atoms with Crippen molar-refractivity contribution in [3.8, 4) is 11.5 Å². The summed E-state index contributed by atoms with van der Waals surface area (Å²) in [7, 11) is -3.62. The molecule has 0 unspecified atom stereocenters. The van der Waals surface area contributed by atoms with E-state index in [4.69, 9.17) is 9.84 Å². The van der Waals surface area contributed by atoms with E-state index in [0.717, 1.165) is 0 Å². The SMILES string of the molecule is O=S(=O)(c1ccc(O)cc1)c1ccc(OCC=CCO)cc1. The number of hydrogen-bond donors (Lipinski definition) is 2. The molecule has 0 heterocycles. The number of phenols is 1. The number of aromatic hydroxyl groups is 1. The van der Waals surface area contributed by atoms with Crippen LogP contribution in [-0.2, 0) is 9.84 Å². The molecule has 0 saturated heterocycles. The number of ether oxygens (including phenoxy) is 1. The molecule has 2 N–H and O–H groups in total. The lowest BCUT2D eigenvalue weighted by molar-refractivity contribution is 0.336. The van der Waals surface area contributed by atoms with Crippen molar-refractivity contribution in [3.63, 3.8) is 0 Å². The third-order valence-electron chi connectivity index (χ3n) is 2.90. The largest absolute Gasteiger partial charge is 0.508 e. The van der Waals surface area contributed by atoms with E-state index < -0.39 is 9.84 Å². The zero-order valence-corrected chi connectivity index (χ0v) is 12.5. The summed E-state index contributed by atoms with van der Waals surface area (Å²) in [4.78, 5) is 0.265. The van der Waals surface area contributed by atoms with Gasteiger partial charge in [0.05, 0.1) is 16.4 Å². The van der Waals surface area contributed by atoms with Gasteiger partial charge in [0, 0.05) is 0 Å². The molecule has 0 spiro atoms. The second-order valence-corrected chi connectivity index (χ2v) is 6.38. The molecule has 6 heteroatoms. The topological polar surface area (TPSA) is 83.8 Å². The standard InChI is InChI=1S/C16H16O5S/c17-11-1-2-12-21-14-5-9-16(10-6-14)22(19,20)15-7-3-13(18)4-8-15/h1-10,17-18H,11-12H2. The summed E-state index contributed by atoms with van der Waals surface area (Å²) < 4.78 is 30.2. The van der Waals surface area contributed by atoms with E-state index >= 15 is 0 Å². The van der Waals surface area contributed by atoms with Crippen LogP contribution in [0.25, 0.3) is 0 Å². The van der Waals surface area contributed by atoms with Gasteiger partial charge in [-0.05, 0) is 54.6 Å². The third kappa shape index (κ3) is 3.87. The predicted octanol–water partition coefficient (Wildman–Crippen LogP) is 2.15. The van der Waals surface area contributed by atoms with E-state index in [2.05, 4.69) is 0 Å². The Labute approximate surface area is 129 Å². The van der Waals surface area contributed by atoms with E-state index in [1.54, 1.807) is 24.3 Å². The monoisotopic (exact) mass is 320 g/mol. The van der Waals surface area contributed by atoms with Gasteiger partial charge in [-0.2, -0.15) is 0 Å². The quantitative estimate of drug-likeness (QED) is 0.797. The fourth-order valence-electron chi connectivity index (χ4n) is 1.76. The van der Waals surface area contributed by atoms with Crippen molar-refractivity contribution in [1.82, 2.24) is 0 Å². The average molecular weight is 320 g/mol. The molecule has 22 heavy (non-hydrogen) atoms. The Kier molecular flexibility index (Phi) is 5.19. The maximum Gasteiger partial charge on any atom is 0.206 e. The van der Waals surface area contributed by atoms with Crippen molar-refractivity contribution in [3.05, 3.63) is 60.7 Å². The number of aliphatic hydroxyl groups excluding tert-OH is 1. The van der Waals surface area contributed by atoms with Crippen molar-refractivity contribution in [1.29, 1.82) is 0 Å². The van der Waals surface area contributed by atoms with Gasteiger partial charge in [-0.1, -0.05) is 6.08 Å². The van der Waals surface area contributed by atoms with Crippen LogP contribution in [0.4, 0.5) is 0 Å². The molecule has 0 atom stereocenters. The van der Waals surface area contributed by atoms with Gasteiger partial charge in [-0.25, -0.2) is 8.42 Å². The molecule has 0 bridgehead atoms. The summed E-state index contributed by atoms with van der Waals surface area (Å²) in [5, 5.41) is 17.8. The van der Waals surface area contributed by atoms with E-state index in [0.29, 0.717) is 12.4 Å². The van der Waals surface area contributed by atoms with Crippen LogP contribution in [-0.4, -0.2) is 31.8 Å². The minimum atomic E-state index is -3.62. The molecule has 0 radical (unpaired) electrons. The maximum atomic E-state index is 12.4. The van der Waals surface area contributed by atoms with Crippen LogP contribution in [0.1, 0.15) is 0 Å². The smallest absolute Gasteiger partial charge is 0.206 e. The molecular formula is C16H16O5S. The molecule has 2 rings (SSSR count). The average Bonchev–Trinajstić information content (AvgIpc) is 2.52. The first-order valence-corrected chi connectivity index (χ1v) is 8.05. The first kappa shape index (κ1) is 16.1. The van der Waals surface area contributed by atoms with Gasteiger partial charge >= 0.3 is 0 Å². The Morgan fingerprint density at radius 1 is 0.909 bits per heavy atom. The first-order valence-electron chi connectivity index (χ1n) is 6.57. The van der Waals surface area contributed by atoms with Gasteiger partial charge in [0.15, 0.2) is 0 Å². The molecule has 0 aromatic heterocycles. The summed E-state index contributed by atoms with van der Waals surface area (Å²) in [6.07, 6.45) is 3.23. The molecule has 0 amide bonds. The second kappa shape index (κ2) is 7.11. The van der Waals surface area contributed by atoms with Gasteiger partial charge in [0.1, 0.15) is 18.1 Å². The van der Waals surface area contributed by atoms with Gasteiger partial charge in [-0.15, -0.1) is 0 Å². The maximum absolute atomic E-state index is 12.4. The minimum absolute atomic E-state index is 0.0126. The fourth-order valence-corrected chi connectivity index (χ4v) is 3.02. The Bertz CT molecular complexity index is 731. The fraction of sp³-hybridized carbons (Fsp3) is 0.125. The van der Waals surface area contributed by atoms with Crippen LogP contribution in [0.5, 0.6) is 11.5 Å². The van der Waals surface area contributed by atoms with Crippen LogP contribution >= 0.6 is 0 Å². The molecule has 5 nitrogen and oxygen atoms in total. The summed E-state index contributed by atoms with van der Waals surface area (Å²) in [5.74, 6) is 0.547. The van der Waals surface area contributed by atoms with Gasteiger partial charge in [-0.3, -0.25) is 0 Å². The Balaban J connectivity index is 2.15. The number of sulfone groups is 1. The van der Waals surface area contributed by atoms with E-state index in [1.807, 2.05) is 0 Å². The molecule has 116 valence electrons. The van der Waals surface area contributed by atoms with Crippen LogP contribution < -0.4 is 4.74 Å². The lowest BCUT2D eigenvalue weighted by Gasteiger charge is -2.07. The number of hydrogen-bond acceptors (Lipinski definition) is 5. The zero-order valence-electron chi connectivity index (χ0n) is 11.7. The summed E-state index contributed by atoms with van der Waals surface area (Å²) >= 11 is 0. The third-order valence-corrected chi connectivity index (χ3v) is 4.68. The molecule has 0 fully saturated rings. The second-order valence-electron chi connectivity index (χ2n) is 4.43. The molecule has 0 aliphatic carbocycles. The van der Waals surface area contributed by atoms with E-state index in [9.17, 15) is 13.5 Å².